The minimum atomic E-state index is -3.52. The Morgan fingerprint density at radius 2 is 1.86 bits per heavy atom. The van der Waals surface area contributed by atoms with Crippen molar-refractivity contribution in [1.29, 1.82) is 0 Å². The third kappa shape index (κ3) is 4.30. The molecule has 0 saturated heterocycles. The molecule has 0 heterocycles. The number of sulfonamides is 1. The maximum atomic E-state index is 12.2. The molecule has 0 spiro atoms. The molecule has 22 heavy (non-hydrogen) atoms. The van der Waals surface area contributed by atoms with Crippen LogP contribution in [0.15, 0.2) is 29.2 Å². The highest BCUT2D eigenvalue weighted by Gasteiger charge is 2.30. The second-order valence-corrected chi connectivity index (χ2v) is 7.83. The van der Waals surface area contributed by atoms with Gasteiger partial charge in [-0.25, -0.2) is 13.1 Å². The van der Waals surface area contributed by atoms with Gasteiger partial charge in [0.05, 0.1) is 4.90 Å². The van der Waals surface area contributed by atoms with Gasteiger partial charge in [-0.1, -0.05) is 26.0 Å². The summed E-state index contributed by atoms with van der Waals surface area (Å²) in [5.74, 6) is 0.371. The fourth-order valence-electron chi connectivity index (χ4n) is 2.40. The van der Waals surface area contributed by atoms with E-state index in [1.807, 2.05) is 12.1 Å². The van der Waals surface area contributed by atoms with Gasteiger partial charge in [0.2, 0.25) is 15.9 Å². The topological polar surface area (TPSA) is 66.5 Å². The normalized spacial score (nSPS) is 15.1. The third-order valence-corrected chi connectivity index (χ3v) is 5.37. The van der Waals surface area contributed by atoms with E-state index in [2.05, 4.69) is 18.6 Å². The molecule has 0 atom stereocenters. The Labute approximate surface area is 132 Å². The number of benzene rings is 1. The van der Waals surface area contributed by atoms with Gasteiger partial charge in [-0.3, -0.25) is 4.79 Å². The summed E-state index contributed by atoms with van der Waals surface area (Å²) < 4.78 is 27.0. The van der Waals surface area contributed by atoms with Crippen LogP contribution in [0, 0.1) is 0 Å². The number of carbonyl (C=O) groups is 1. The van der Waals surface area contributed by atoms with Gasteiger partial charge >= 0.3 is 0 Å². The monoisotopic (exact) mass is 324 g/mol. The van der Waals surface area contributed by atoms with Gasteiger partial charge in [-0.15, -0.1) is 0 Å². The Morgan fingerprint density at radius 3 is 2.32 bits per heavy atom. The van der Waals surface area contributed by atoms with E-state index in [0.29, 0.717) is 18.5 Å². The van der Waals surface area contributed by atoms with E-state index in [4.69, 9.17) is 0 Å². The lowest BCUT2D eigenvalue weighted by atomic mass is 10.0. The van der Waals surface area contributed by atoms with E-state index in [-0.39, 0.29) is 17.3 Å². The fourth-order valence-corrected chi connectivity index (χ4v) is 3.42. The number of rotatable bonds is 7. The van der Waals surface area contributed by atoms with Crippen molar-refractivity contribution in [1.82, 2.24) is 9.62 Å². The first-order valence-corrected chi connectivity index (χ1v) is 9.16. The Bertz CT molecular complexity index is 619. The average molecular weight is 324 g/mol. The minimum absolute atomic E-state index is 0.00276. The summed E-state index contributed by atoms with van der Waals surface area (Å²) in [6.07, 6.45) is 2.03. The molecule has 0 aromatic heterocycles. The Hall–Kier alpha value is -1.40. The van der Waals surface area contributed by atoms with Gasteiger partial charge in [-0.05, 0) is 36.5 Å². The van der Waals surface area contributed by atoms with Gasteiger partial charge in [0.1, 0.15) is 0 Å². The number of nitrogens with zero attached hydrogens (tertiary/aromatic N) is 1. The summed E-state index contributed by atoms with van der Waals surface area (Å²) >= 11 is 0. The molecule has 1 aromatic rings. The van der Waals surface area contributed by atoms with Crippen molar-refractivity contribution in [2.75, 3.05) is 13.1 Å². The summed E-state index contributed by atoms with van der Waals surface area (Å²) in [6.45, 7) is 6.32. The van der Waals surface area contributed by atoms with Gasteiger partial charge in [0.15, 0.2) is 0 Å². The van der Waals surface area contributed by atoms with Crippen molar-refractivity contribution < 1.29 is 13.2 Å². The Kier molecular flexibility index (Phi) is 5.24. The van der Waals surface area contributed by atoms with Crippen LogP contribution in [-0.2, 0) is 14.8 Å². The first-order chi connectivity index (χ1) is 10.3. The molecular weight excluding hydrogens is 300 g/mol. The quantitative estimate of drug-likeness (QED) is 0.835. The predicted molar refractivity (Wildman–Crippen MR) is 86.1 cm³/mol. The SMILES string of the molecule is CC(=O)N(CCNS(=O)(=O)c1ccc(C(C)C)cc1)C1CC1. The second kappa shape index (κ2) is 6.79. The molecule has 6 heteroatoms. The van der Waals surface area contributed by atoms with Crippen molar-refractivity contribution in [3.8, 4) is 0 Å². The number of amides is 1. The smallest absolute Gasteiger partial charge is 0.240 e. The molecule has 1 saturated carbocycles. The predicted octanol–water partition coefficient (Wildman–Crippen LogP) is 2.10. The lowest BCUT2D eigenvalue weighted by molar-refractivity contribution is -0.129. The maximum Gasteiger partial charge on any atom is 0.240 e. The molecule has 5 nitrogen and oxygen atoms in total. The van der Waals surface area contributed by atoms with Crippen LogP contribution >= 0.6 is 0 Å². The van der Waals surface area contributed by atoms with E-state index in [0.717, 1.165) is 18.4 Å². The van der Waals surface area contributed by atoms with E-state index in [1.165, 1.54) is 6.92 Å². The van der Waals surface area contributed by atoms with Crippen molar-refractivity contribution in [3.05, 3.63) is 29.8 Å². The molecule has 0 bridgehead atoms. The summed E-state index contributed by atoms with van der Waals surface area (Å²) in [7, 11) is -3.52. The fraction of sp³-hybridized carbons (Fsp3) is 0.562. The second-order valence-electron chi connectivity index (χ2n) is 6.07. The van der Waals surface area contributed by atoms with E-state index in [1.54, 1.807) is 17.0 Å². The lowest BCUT2D eigenvalue weighted by Gasteiger charge is -2.20. The number of hydrogen-bond acceptors (Lipinski definition) is 3. The van der Waals surface area contributed by atoms with Crippen LogP contribution in [0.2, 0.25) is 0 Å². The summed E-state index contributed by atoms with van der Waals surface area (Å²) in [6, 6.07) is 7.23. The van der Waals surface area contributed by atoms with Gasteiger partial charge in [-0.2, -0.15) is 0 Å². The first kappa shape index (κ1) is 17.0. The minimum Gasteiger partial charge on any atom is -0.339 e. The van der Waals surface area contributed by atoms with Crippen LogP contribution < -0.4 is 4.72 Å². The standard InChI is InChI=1S/C16H24N2O3S/c1-12(2)14-4-8-16(9-5-14)22(20,21)17-10-11-18(13(3)19)15-6-7-15/h4-5,8-9,12,15,17H,6-7,10-11H2,1-3H3. The van der Waals surface area contributed by atoms with Crippen LogP contribution in [0.25, 0.3) is 0 Å². The Balaban J connectivity index is 1.94. The van der Waals surface area contributed by atoms with Gasteiger partial charge in [0.25, 0.3) is 0 Å². The molecule has 1 aliphatic rings. The number of carbonyl (C=O) groups excluding carboxylic acids is 1. The maximum absolute atomic E-state index is 12.2. The van der Waals surface area contributed by atoms with Gasteiger partial charge in [0, 0.05) is 26.1 Å². The third-order valence-electron chi connectivity index (χ3n) is 3.89. The van der Waals surface area contributed by atoms with Crippen molar-refractivity contribution >= 4 is 15.9 Å². The Morgan fingerprint density at radius 1 is 1.27 bits per heavy atom. The molecule has 1 fully saturated rings. The summed E-state index contributed by atoms with van der Waals surface area (Å²) in [5.41, 5.74) is 1.11. The average Bonchev–Trinajstić information content (AvgIpc) is 3.27. The summed E-state index contributed by atoms with van der Waals surface area (Å²) in [4.78, 5) is 13.5. The van der Waals surface area contributed by atoms with Crippen LogP contribution in [0.3, 0.4) is 0 Å². The van der Waals surface area contributed by atoms with Crippen LogP contribution in [-0.4, -0.2) is 38.4 Å². The lowest BCUT2D eigenvalue weighted by Crippen LogP contribution is -2.38. The van der Waals surface area contributed by atoms with Crippen LogP contribution in [0.4, 0.5) is 0 Å². The van der Waals surface area contributed by atoms with E-state index >= 15 is 0 Å². The zero-order valence-corrected chi connectivity index (χ0v) is 14.2. The summed E-state index contributed by atoms with van der Waals surface area (Å²) in [5, 5.41) is 0. The van der Waals surface area contributed by atoms with Crippen molar-refractivity contribution in [2.45, 2.75) is 50.5 Å². The van der Waals surface area contributed by atoms with Crippen molar-refractivity contribution in [3.63, 3.8) is 0 Å². The molecule has 1 aliphatic carbocycles. The highest BCUT2D eigenvalue weighted by atomic mass is 32.2. The zero-order valence-electron chi connectivity index (χ0n) is 13.4. The number of hydrogen-bond donors (Lipinski definition) is 1. The van der Waals surface area contributed by atoms with Crippen LogP contribution in [0.1, 0.15) is 45.1 Å². The molecule has 1 aromatic carbocycles. The molecule has 122 valence electrons. The zero-order chi connectivity index (χ0) is 16.3. The van der Waals surface area contributed by atoms with Crippen LogP contribution in [0.5, 0.6) is 0 Å². The highest BCUT2D eigenvalue weighted by Crippen LogP contribution is 2.26. The van der Waals surface area contributed by atoms with E-state index in [9.17, 15) is 13.2 Å². The molecule has 1 N–H and O–H groups in total. The highest BCUT2D eigenvalue weighted by molar-refractivity contribution is 7.89. The molecule has 0 radical (unpaired) electrons. The first-order valence-electron chi connectivity index (χ1n) is 7.68. The van der Waals surface area contributed by atoms with Crippen molar-refractivity contribution in [2.24, 2.45) is 0 Å². The largest absolute Gasteiger partial charge is 0.339 e. The molecule has 0 aliphatic heterocycles. The molecular formula is C16H24N2O3S. The molecule has 0 unspecified atom stereocenters. The van der Waals surface area contributed by atoms with Gasteiger partial charge < -0.3 is 4.90 Å². The van der Waals surface area contributed by atoms with E-state index < -0.39 is 10.0 Å². The molecule has 2 rings (SSSR count). The number of nitrogens with one attached hydrogen (secondary N) is 1. The molecule has 1 amide bonds.